The zero-order valence-corrected chi connectivity index (χ0v) is 20.9. The van der Waals surface area contributed by atoms with Crippen LogP contribution in [0.1, 0.15) is 17.3 Å². The highest BCUT2D eigenvalue weighted by molar-refractivity contribution is 7.93. The van der Waals surface area contributed by atoms with Crippen molar-refractivity contribution in [2.45, 2.75) is 16.9 Å². The Morgan fingerprint density at radius 1 is 0.944 bits per heavy atom. The van der Waals surface area contributed by atoms with Gasteiger partial charge >= 0.3 is 5.97 Å². The Labute approximate surface area is 211 Å². The number of sulfonamides is 2. The van der Waals surface area contributed by atoms with Crippen molar-refractivity contribution in [3.63, 3.8) is 0 Å². The average molecular weight is 551 g/mol. The van der Waals surface area contributed by atoms with Crippen LogP contribution < -0.4 is 14.2 Å². The Hall–Kier alpha value is -3.74. The van der Waals surface area contributed by atoms with Crippen molar-refractivity contribution < 1.29 is 35.9 Å². The molecule has 3 aromatic carbocycles. The molecule has 0 saturated carbocycles. The third-order valence-electron chi connectivity index (χ3n) is 4.93. The molecule has 13 heteroatoms. The molecule has 0 atom stereocenters. The average Bonchev–Trinajstić information content (AvgIpc) is 3.26. The van der Waals surface area contributed by atoms with Crippen LogP contribution in [0.25, 0.3) is 11.0 Å². The van der Waals surface area contributed by atoms with Crippen LogP contribution >= 0.6 is 11.6 Å². The second-order valence-corrected chi connectivity index (χ2v) is 11.1. The monoisotopic (exact) mass is 550 g/mol. The maximum atomic E-state index is 13.1. The molecule has 0 aliphatic heterocycles. The lowest BCUT2D eigenvalue weighted by molar-refractivity contribution is 0.0692. The number of para-hydroxylation sites is 1. The molecule has 1 heterocycles. The summed E-state index contributed by atoms with van der Waals surface area (Å²) in [6.45, 7) is 1.84. The van der Waals surface area contributed by atoms with Gasteiger partial charge in [0.2, 0.25) is 5.09 Å². The summed E-state index contributed by atoms with van der Waals surface area (Å²) in [6.07, 6.45) is 0. The van der Waals surface area contributed by atoms with Crippen molar-refractivity contribution in [2.75, 3.05) is 16.1 Å². The lowest BCUT2D eigenvalue weighted by Gasteiger charge is -2.15. The van der Waals surface area contributed by atoms with Crippen LogP contribution in [0.2, 0.25) is 5.02 Å². The molecular weight excluding hydrogens is 532 g/mol. The summed E-state index contributed by atoms with van der Waals surface area (Å²) in [6, 6.07) is 15.2. The van der Waals surface area contributed by atoms with E-state index in [1.165, 1.54) is 36.4 Å². The quantitative estimate of drug-likeness (QED) is 0.269. The van der Waals surface area contributed by atoms with E-state index in [2.05, 4.69) is 9.44 Å². The number of carbonyl (C=O) groups is 1. The van der Waals surface area contributed by atoms with Crippen molar-refractivity contribution >= 4 is 60.0 Å². The standard InChI is InChI=1S/C23H19ClN2O8S2/c1-2-33-21-10-8-16(13-17(21)23(27)28)35(29,30)25-18-9-7-15(24)12-19(18)26-36(31,32)22-11-14-5-3-4-6-20(14)34-22/h3-13,25-26H,2H2,1H3,(H,27,28). The fraction of sp³-hybridized carbons (Fsp3) is 0.0870. The number of nitrogens with one attached hydrogen (secondary N) is 2. The van der Waals surface area contributed by atoms with Gasteiger partial charge in [0, 0.05) is 16.5 Å². The first-order valence-electron chi connectivity index (χ1n) is 10.3. The Morgan fingerprint density at radius 2 is 1.67 bits per heavy atom. The van der Waals surface area contributed by atoms with E-state index >= 15 is 0 Å². The molecule has 0 aliphatic carbocycles. The number of hydrogen-bond acceptors (Lipinski definition) is 7. The van der Waals surface area contributed by atoms with Crippen molar-refractivity contribution in [3.8, 4) is 5.75 Å². The van der Waals surface area contributed by atoms with Crippen molar-refractivity contribution in [2.24, 2.45) is 0 Å². The molecule has 10 nitrogen and oxygen atoms in total. The van der Waals surface area contributed by atoms with E-state index in [1.807, 2.05) is 0 Å². The molecule has 0 aliphatic rings. The van der Waals surface area contributed by atoms with Gasteiger partial charge in [-0.15, -0.1) is 0 Å². The van der Waals surface area contributed by atoms with Crippen LogP contribution in [0.3, 0.4) is 0 Å². The summed E-state index contributed by atoms with van der Waals surface area (Å²) in [5.74, 6) is -1.36. The SMILES string of the molecule is CCOc1ccc(S(=O)(=O)Nc2ccc(Cl)cc2NS(=O)(=O)c2cc3ccccc3o2)cc1C(=O)O. The van der Waals surface area contributed by atoms with E-state index in [0.717, 1.165) is 6.07 Å². The van der Waals surface area contributed by atoms with Crippen LogP contribution in [0.15, 0.2) is 81.1 Å². The fourth-order valence-corrected chi connectivity index (χ4v) is 5.62. The number of benzene rings is 3. The van der Waals surface area contributed by atoms with Crippen LogP contribution in [-0.2, 0) is 20.0 Å². The summed E-state index contributed by atoms with van der Waals surface area (Å²) in [4.78, 5) is 11.2. The van der Waals surface area contributed by atoms with Crippen molar-refractivity contribution in [3.05, 3.63) is 77.3 Å². The van der Waals surface area contributed by atoms with Crippen molar-refractivity contribution in [1.29, 1.82) is 0 Å². The Morgan fingerprint density at radius 3 is 2.36 bits per heavy atom. The number of furan rings is 1. The Balaban J connectivity index is 1.69. The van der Waals surface area contributed by atoms with Gasteiger partial charge in [-0.05, 0) is 49.4 Å². The molecule has 0 unspecified atom stereocenters. The van der Waals surface area contributed by atoms with Gasteiger partial charge in [0.15, 0.2) is 0 Å². The topological polar surface area (TPSA) is 152 Å². The minimum Gasteiger partial charge on any atom is -0.493 e. The van der Waals surface area contributed by atoms with Gasteiger partial charge in [-0.2, -0.15) is 8.42 Å². The Kier molecular flexibility index (Phi) is 6.85. The van der Waals surface area contributed by atoms with E-state index in [1.54, 1.807) is 31.2 Å². The van der Waals surface area contributed by atoms with Gasteiger partial charge in [0.1, 0.15) is 16.9 Å². The molecular formula is C23H19ClN2O8S2. The van der Waals surface area contributed by atoms with Crippen LogP contribution in [-0.4, -0.2) is 34.5 Å². The lowest BCUT2D eigenvalue weighted by atomic mass is 10.2. The molecule has 4 aromatic rings. The molecule has 0 saturated heterocycles. The summed E-state index contributed by atoms with van der Waals surface area (Å²) in [5.41, 5.74) is -0.308. The minimum absolute atomic E-state index is 0.00901. The smallest absolute Gasteiger partial charge is 0.339 e. The predicted molar refractivity (Wildman–Crippen MR) is 134 cm³/mol. The number of anilines is 2. The summed E-state index contributed by atoms with van der Waals surface area (Å²) in [5, 5.41) is 9.76. The molecule has 4 rings (SSSR count). The number of halogens is 1. The third-order valence-corrected chi connectivity index (χ3v) is 7.75. The molecule has 1 aromatic heterocycles. The van der Waals surface area contributed by atoms with Gasteiger partial charge < -0.3 is 14.3 Å². The zero-order valence-electron chi connectivity index (χ0n) is 18.6. The first-order valence-corrected chi connectivity index (χ1v) is 13.7. The number of carboxylic acids is 1. The molecule has 36 heavy (non-hydrogen) atoms. The number of carboxylic acid groups (broad SMARTS) is 1. The summed E-state index contributed by atoms with van der Waals surface area (Å²) >= 11 is 6.03. The maximum absolute atomic E-state index is 13.1. The van der Waals surface area contributed by atoms with Crippen molar-refractivity contribution in [1.82, 2.24) is 0 Å². The van der Waals surface area contributed by atoms with Crippen LogP contribution in [0.4, 0.5) is 11.4 Å². The van der Waals surface area contributed by atoms with Gasteiger partial charge in [0.05, 0.1) is 22.9 Å². The highest BCUT2D eigenvalue weighted by Gasteiger charge is 2.24. The van der Waals surface area contributed by atoms with E-state index in [-0.39, 0.29) is 44.3 Å². The van der Waals surface area contributed by atoms with Crippen LogP contribution in [0, 0.1) is 0 Å². The molecule has 0 fully saturated rings. The fourth-order valence-electron chi connectivity index (χ4n) is 3.30. The number of hydrogen-bond donors (Lipinski definition) is 3. The minimum atomic E-state index is -4.35. The van der Waals surface area contributed by atoms with Gasteiger partial charge in [-0.1, -0.05) is 29.8 Å². The molecule has 0 bridgehead atoms. The second kappa shape index (κ2) is 9.72. The van der Waals surface area contributed by atoms with Gasteiger partial charge in [-0.3, -0.25) is 9.44 Å². The lowest BCUT2D eigenvalue weighted by Crippen LogP contribution is -2.18. The van der Waals surface area contributed by atoms with E-state index < -0.39 is 26.0 Å². The second-order valence-electron chi connectivity index (χ2n) is 7.40. The molecule has 0 spiro atoms. The first kappa shape index (κ1) is 25.4. The molecule has 188 valence electrons. The highest BCUT2D eigenvalue weighted by Crippen LogP contribution is 2.32. The van der Waals surface area contributed by atoms with E-state index in [0.29, 0.717) is 11.0 Å². The van der Waals surface area contributed by atoms with E-state index in [9.17, 15) is 26.7 Å². The molecule has 0 amide bonds. The zero-order chi connectivity index (χ0) is 26.1. The normalized spacial score (nSPS) is 11.8. The highest BCUT2D eigenvalue weighted by atomic mass is 35.5. The largest absolute Gasteiger partial charge is 0.493 e. The van der Waals surface area contributed by atoms with Gasteiger partial charge in [0.25, 0.3) is 20.0 Å². The predicted octanol–water partition coefficient (Wildman–Crippen LogP) is 4.78. The molecule has 0 radical (unpaired) electrons. The first-order chi connectivity index (χ1) is 17.0. The Bertz CT molecular complexity index is 1650. The number of rotatable bonds is 9. The maximum Gasteiger partial charge on any atom is 0.339 e. The summed E-state index contributed by atoms with van der Waals surface area (Å²) < 4.78 is 67.3. The molecule has 3 N–H and O–H groups in total. The summed E-state index contributed by atoms with van der Waals surface area (Å²) in [7, 11) is -8.62. The van der Waals surface area contributed by atoms with E-state index in [4.69, 9.17) is 20.8 Å². The number of ether oxygens (including phenoxy) is 1. The number of aromatic carboxylic acids is 1. The number of fused-ring (bicyclic) bond motifs is 1. The van der Waals surface area contributed by atoms with Gasteiger partial charge in [-0.25, -0.2) is 13.2 Å². The van der Waals surface area contributed by atoms with Crippen LogP contribution in [0.5, 0.6) is 5.75 Å². The third kappa shape index (κ3) is 5.25.